The Morgan fingerprint density at radius 2 is 2.20 bits per heavy atom. The third-order valence-electron chi connectivity index (χ3n) is 2.73. The summed E-state index contributed by atoms with van der Waals surface area (Å²) in [4.78, 5) is 21.5. The maximum absolute atomic E-state index is 11.2. The fourth-order valence-corrected chi connectivity index (χ4v) is 1.80. The molecule has 8 nitrogen and oxygen atoms in total. The van der Waals surface area contributed by atoms with Crippen LogP contribution in [0.4, 0.5) is 5.69 Å². The van der Waals surface area contributed by atoms with Crippen LogP contribution in [-0.4, -0.2) is 28.3 Å². The van der Waals surface area contributed by atoms with E-state index < -0.39 is 10.9 Å². The zero-order chi connectivity index (χ0) is 14.9. The summed E-state index contributed by atoms with van der Waals surface area (Å²) < 4.78 is 9.71. The van der Waals surface area contributed by atoms with Crippen molar-refractivity contribution in [3.8, 4) is 17.0 Å². The third kappa shape index (κ3) is 2.18. The smallest absolute Gasteiger partial charge is 0.341 e. The summed E-state index contributed by atoms with van der Waals surface area (Å²) >= 11 is 0. The molecule has 0 spiro atoms. The van der Waals surface area contributed by atoms with Crippen LogP contribution in [0.25, 0.3) is 11.3 Å². The molecule has 20 heavy (non-hydrogen) atoms. The fraction of sp³-hybridized carbons (Fsp3) is 0.167. The average Bonchev–Trinajstić information content (AvgIpc) is 2.79. The molecule has 8 heteroatoms. The second kappa shape index (κ2) is 5.00. The van der Waals surface area contributed by atoms with Crippen LogP contribution in [0.15, 0.2) is 22.7 Å². The van der Waals surface area contributed by atoms with Crippen molar-refractivity contribution in [3.63, 3.8) is 0 Å². The molecule has 1 heterocycles. The maximum Gasteiger partial charge on any atom is 0.341 e. The lowest BCUT2D eigenvalue weighted by molar-refractivity contribution is -0.385. The lowest BCUT2D eigenvalue weighted by atomic mass is 10.1. The van der Waals surface area contributed by atoms with E-state index in [9.17, 15) is 14.9 Å². The van der Waals surface area contributed by atoms with Crippen LogP contribution in [-0.2, 0) is 0 Å². The fourth-order valence-electron chi connectivity index (χ4n) is 1.80. The molecule has 0 amide bonds. The summed E-state index contributed by atoms with van der Waals surface area (Å²) in [6.07, 6.45) is 0. The number of nitro groups is 1. The second-order valence-corrected chi connectivity index (χ2v) is 3.91. The van der Waals surface area contributed by atoms with Gasteiger partial charge in [-0.3, -0.25) is 10.1 Å². The van der Waals surface area contributed by atoms with Crippen LogP contribution < -0.4 is 4.74 Å². The Morgan fingerprint density at radius 3 is 2.75 bits per heavy atom. The van der Waals surface area contributed by atoms with Crippen molar-refractivity contribution < 1.29 is 24.1 Å². The summed E-state index contributed by atoms with van der Waals surface area (Å²) in [5.74, 6) is -1.00. The minimum atomic E-state index is -1.21. The first-order valence-corrected chi connectivity index (χ1v) is 5.48. The van der Waals surface area contributed by atoms with Crippen LogP contribution in [0.3, 0.4) is 0 Å². The van der Waals surface area contributed by atoms with E-state index in [1.165, 1.54) is 32.2 Å². The number of hydrogen-bond acceptors (Lipinski definition) is 6. The molecule has 1 aromatic heterocycles. The van der Waals surface area contributed by atoms with E-state index in [0.29, 0.717) is 0 Å². The molecule has 0 fully saturated rings. The van der Waals surface area contributed by atoms with Gasteiger partial charge in [0, 0.05) is 11.6 Å². The lowest BCUT2D eigenvalue weighted by Crippen LogP contribution is -2.00. The van der Waals surface area contributed by atoms with Gasteiger partial charge in [-0.2, -0.15) is 0 Å². The van der Waals surface area contributed by atoms with E-state index >= 15 is 0 Å². The molecule has 0 aliphatic rings. The van der Waals surface area contributed by atoms with E-state index in [0.717, 1.165) is 0 Å². The van der Waals surface area contributed by atoms with E-state index in [1.54, 1.807) is 0 Å². The number of aromatic carboxylic acids is 1. The highest BCUT2D eigenvalue weighted by molar-refractivity contribution is 5.96. The quantitative estimate of drug-likeness (QED) is 0.673. The van der Waals surface area contributed by atoms with Crippen molar-refractivity contribution in [2.45, 2.75) is 6.92 Å². The van der Waals surface area contributed by atoms with Crippen LogP contribution in [0.2, 0.25) is 0 Å². The van der Waals surface area contributed by atoms with Gasteiger partial charge in [-0.05, 0) is 19.1 Å². The molecular formula is C12H10N2O6. The Hall–Kier alpha value is -2.90. The van der Waals surface area contributed by atoms with Crippen molar-refractivity contribution in [1.82, 2.24) is 5.16 Å². The van der Waals surface area contributed by atoms with E-state index in [4.69, 9.17) is 14.4 Å². The van der Waals surface area contributed by atoms with Crippen LogP contribution in [0.5, 0.6) is 5.75 Å². The highest BCUT2D eigenvalue weighted by Gasteiger charge is 2.24. The normalized spacial score (nSPS) is 10.3. The molecule has 0 saturated heterocycles. The minimum absolute atomic E-state index is 0.0424. The predicted molar refractivity (Wildman–Crippen MR) is 66.8 cm³/mol. The number of rotatable bonds is 4. The van der Waals surface area contributed by atoms with E-state index in [1.807, 2.05) is 0 Å². The topological polar surface area (TPSA) is 116 Å². The molecule has 104 valence electrons. The molecule has 0 unspecified atom stereocenters. The molecule has 0 aliphatic carbocycles. The average molecular weight is 278 g/mol. The zero-order valence-electron chi connectivity index (χ0n) is 10.6. The van der Waals surface area contributed by atoms with Crippen molar-refractivity contribution in [2.24, 2.45) is 0 Å². The Bertz CT molecular complexity index is 691. The molecule has 1 N–H and O–H groups in total. The maximum atomic E-state index is 11.2. The number of methoxy groups -OCH3 is 1. The number of carboxylic acids is 1. The van der Waals surface area contributed by atoms with Crippen molar-refractivity contribution in [2.75, 3.05) is 7.11 Å². The number of aryl methyl sites for hydroxylation is 1. The molecule has 0 radical (unpaired) electrons. The van der Waals surface area contributed by atoms with Gasteiger partial charge in [0.1, 0.15) is 17.0 Å². The van der Waals surface area contributed by atoms with Gasteiger partial charge in [-0.25, -0.2) is 4.79 Å². The van der Waals surface area contributed by atoms with E-state index in [-0.39, 0.29) is 34.0 Å². The number of nitro benzene ring substituents is 1. The van der Waals surface area contributed by atoms with Gasteiger partial charge in [-0.15, -0.1) is 0 Å². The minimum Gasteiger partial charge on any atom is -0.490 e. The SMILES string of the molecule is COc1ccc(-c2noc(C)c2C(=O)O)cc1[N+](=O)[O-]. The Morgan fingerprint density at radius 1 is 1.50 bits per heavy atom. The molecule has 0 atom stereocenters. The summed E-state index contributed by atoms with van der Waals surface area (Å²) in [7, 11) is 1.31. The number of ether oxygens (including phenoxy) is 1. The molecule has 2 rings (SSSR count). The van der Waals surface area contributed by atoms with Gasteiger partial charge in [0.05, 0.1) is 12.0 Å². The summed E-state index contributed by atoms with van der Waals surface area (Å²) in [6, 6.07) is 4.06. The molecule has 0 aliphatic heterocycles. The number of benzene rings is 1. The monoisotopic (exact) mass is 278 g/mol. The van der Waals surface area contributed by atoms with Gasteiger partial charge < -0.3 is 14.4 Å². The van der Waals surface area contributed by atoms with Crippen LogP contribution in [0, 0.1) is 17.0 Å². The third-order valence-corrected chi connectivity index (χ3v) is 2.73. The first-order chi connectivity index (χ1) is 9.45. The Labute approximate surface area is 112 Å². The molecular weight excluding hydrogens is 268 g/mol. The van der Waals surface area contributed by atoms with Crippen LogP contribution >= 0.6 is 0 Å². The lowest BCUT2D eigenvalue weighted by Gasteiger charge is -2.03. The van der Waals surface area contributed by atoms with Gasteiger partial charge in [-0.1, -0.05) is 5.16 Å². The predicted octanol–water partition coefficient (Wildman–Crippen LogP) is 2.27. The number of nitrogens with zero attached hydrogens (tertiary/aromatic N) is 2. The van der Waals surface area contributed by atoms with Crippen molar-refractivity contribution in [3.05, 3.63) is 39.6 Å². The zero-order valence-corrected chi connectivity index (χ0v) is 10.6. The van der Waals surface area contributed by atoms with Gasteiger partial charge in [0.2, 0.25) is 0 Å². The largest absolute Gasteiger partial charge is 0.490 e. The molecule has 1 aromatic carbocycles. The Kier molecular flexibility index (Phi) is 3.38. The highest BCUT2D eigenvalue weighted by atomic mass is 16.6. The number of carboxylic acid groups (broad SMARTS) is 1. The van der Waals surface area contributed by atoms with Crippen molar-refractivity contribution in [1.29, 1.82) is 0 Å². The number of aromatic nitrogens is 1. The first kappa shape index (κ1) is 13.5. The van der Waals surface area contributed by atoms with Crippen molar-refractivity contribution >= 4 is 11.7 Å². The molecule has 2 aromatic rings. The summed E-state index contributed by atoms with van der Waals surface area (Å²) in [5, 5.41) is 23.7. The summed E-state index contributed by atoms with van der Waals surface area (Å²) in [6.45, 7) is 1.46. The first-order valence-electron chi connectivity index (χ1n) is 5.48. The van der Waals surface area contributed by atoms with Gasteiger partial charge in [0.25, 0.3) is 0 Å². The van der Waals surface area contributed by atoms with E-state index in [2.05, 4.69) is 5.16 Å². The highest BCUT2D eigenvalue weighted by Crippen LogP contribution is 2.33. The Balaban J connectivity index is 2.62. The number of hydrogen-bond donors (Lipinski definition) is 1. The van der Waals surface area contributed by atoms with Gasteiger partial charge >= 0.3 is 11.7 Å². The van der Waals surface area contributed by atoms with Gasteiger partial charge in [0.15, 0.2) is 5.75 Å². The second-order valence-electron chi connectivity index (χ2n) is 3.91. The molecule has 0 saturated carbocycles. The molecule has 0 bridgehead atoms. The standard InChI is InChI=1S/C12H10N2O6/c1-6-10(12(15)16)11(13-20-6)7-3-4-9(19-2)8(5-7)14(17)18/h3-5H,1-2H3,(H,15,16). The summed E-state index contributed by atoms with van der Waals surface area (Å²) in [5.41, 5.74) is -0.0843. The number of carbonyl (C=O) groups is 1. The van der Waals surface area contributed by atoms with Crippen LogP contribution in [0.1, 0.15) is 16.1 Å².